The lowest BCUT2D eigenvalue weighted by molar-refractivity contribution is 0.102. The van der Waals surface area contributed by atoms with Gasteiger partial charge >= 0.3 is 5.69 Å². The Kier molecular flexibility index (Phi) is 4.95. The molecule has 1 aromatic carbocycles. The summed E-state index contributed by atoms with van der Waals surface area (Å²) < 4.78 is 1.52. The Balaban J connectivity index is 2.04. The van der Waals surface area contributed by atoms with Gasteiger partial charge in [-0.3, -0.25) is 9.36 Å². The van der Waals surface area contributed by atoms with Crippen LogP contribution in [0.15, 0.2) is 34.2 Å². The molecule has 0 aliphatic carbocycles. The van der Waals surface area contributed by atoms with Gasteiger partial charge in [0, 0.05) is 12.1 Å². The molecule has 0 aliphatic rings. The molecule has 0 saturated carbocycles. The predicted molar refractivity (Wildman–Crippen MR) is 79.4 cm³/mol. The molecule has 1 heterocycles. The highest BCUT2D eigenvalue weighted by Gasteiger charge is 2.12. The highest BCUT2D eigenvalue weighted by Crippen LogP contribution is 2.16. The second kappa shape index (κ2) is 6.90. The van der Waals surface area contributed by atoms with Crippen molar-refractivity contribution in [1.29, 1.82) is 5.26 Å². The largest absolute Gasteiger partial charge is 0.343 e. The Morgan fingerprint density at radius 2 is 2.14 bits per heavy atom. The topological polar surface area (TPSA) is 91.5 Å². The van der Waals surface area contributed by atoms with E-state index >= 15 is 0 Å². The van der Waals surface area contributed by atoms with Crippen LogP contribution in [0.4, 0.5) is 0 Å². The fourth-order valence-electron chi connectivity index (χ4n) is 1.78. The first kappa shape index (κ1) is 15.1. The van der Waals surface area contributed by atoms with E-state index in [1.54, 1.807) is 24.3 Å². The Bertz CT molecular complexity index is 725. The third-order valence-corrected chi connectivity index (χ3v) is 3.82. The fraction of sp³-hybridized carbons (Fsp3) is 0.286. The van der Waals surface area contributed by atoms with Gasteiger partial charge in [-0.05, 0) is 18.6 Å². The number of hydrogen-bond acceptors (Lipinski definition) is 5. The summed E-state index contributed by atoms with van der Waals surface area (Å²) in [5.41, 5.74) is 0.801. The van der Waals surface area contributed by atoms with Crippen molar-refractivity contribution in [1.82, 2.24) is 14.8 Å². The van der Waals surface area contributed by atoms with Crippen LogP contribution < -0.4 is 5.69 Å². The minimum absolute atomic E-state index is 0.0667. The predicted octanol–water partition coefficient (Wildman–Crippen LogP) is 1.83. The number of hydrogen-bond donors (Lipinski definition) is 1. The Morgan fingerprint density at radius 3 is 2.76 bits per heavy atom. The lowest BCUT2D eigenvalue weighted by atomic mass is 10.1. The van der Waals surface area contributed by atoms with Crippen LogP contribution in [0.1, 0.15) is 29.3 Å². The van der Waals surface area contributed by atoms with Crippen molar-refractivity contribution in [3.63, 3.8) is 0 Å². The van der Waals surface area contributed by atoms with Gasteiger partial charge in [0.2, 0.25) is 0 Å². The van der Waals surface area contributed by atoms with Crippen LogP contribution in [-0.4, -0.2) is 26.3 Å². The fourth-order valence-corrected chi connectivity index (χ4v) is 2.65. The minimum atomic E-state index is -0.259. The van der Waals surface area contributed by atoms with Crippen molar-refractivity contribution in [3.05, 3.63) is 45.9 Å². The van der Waals surface area contributed by atoms with Gasteiger partial charge in [0.25, 0.3) is 0 Å². The Morgan fingerprint density at radius 1 is 1.43 bits per heavy atom. The Labute approximate surface area is 125 Å². The van der Waals surface area contributed by atoms with Gasteiger partial charge in [-0.1, -0.05) is 30.8 Å². The molecule has 7 heteroatoms. The third kappa shape index (κ3) is 3.61. The summed E-state index contributed by atoms with van der Waals surface area (Å²) in [7, 11) is 0. The number of ketones is 1. The van der Waals surface area contributed by atoms with Crippen LogP contribution in [0.5, 0.6) is 0 Å². The van der Waals surface area contributed by atoms with Crippen molar-refractivity contribution >= 4 is 17.5 Å². The molecule has 0 radical (unpaired) electrons. The molecule has 0 amide bonds. The van der Waals surface area contributed by atoms with Gasteiger partial charge in [-0.25, -0.2) is 9.89 Å². The summed E-state index contributed by atoms with van der Waals surface area (Å²) in [5.74, 6) is 0.128. The Hall–Kier alpha value is -2.33. The molecule has 1 N–H and O–H groups in total. The molecular formula is C14H14N4O2S. The number of Topliss-reactive ketones (excluding diaryl/α,β-unsaturated/α-hetero) is 1. The summed E-state index contributed by atoms with van der Waals surface area (Å²) >= 11 is 1.23. The van der Waals surface area contributed by atoms with Crippen LogP contribution >= 0.6 is 11.8 Å². The van der Waals surface area contributed by atoms with Gasteiger partial charge < -0.3 is 0 Å². The smallest absolute Gasteiger partial charge is 0.293 e. The van der Waals surface area contributed by atoms with Crippen molar-refractivity contribution in [3.8, 4) is 6.07 Å². The molecule has 0 unspecified atom stereocenters. The normalized spacial score (nSPS) is 10.3. The van der Waals surface area contributed by atoms with Crippen molar-refractivity contribution < 1.29 is 4.79 Å². The van der Waals surface area contributed by atoms with Crippen LogP contribution in [0.3, 0.4) is 0 Å². The maximum absolute atomic E-state index is 12.1. The maximum atomic E-state index is 12.1. The molecular weight excluding hydrogens is 288 g/mol. The molecule has 2 rings (SSSR count). The molecule has 0 bridgehead atoms. The number of aromatic nitrogens is 3. The lowest BCUT2D eigenvalue weighted by Crippen LogP contribution is -2.17. The number of thioether (sulfide) groups is 1. The number of H-pyrrole nitrogens is 1. The maximum Gasteiger partial charge on any atom is 0.343 e. The first-order valence-electron chi connectivity index (χ1n) is 6.47. The summed E-state index contributed by atoms with van der Waals surface area (Å²) in [5, 5.41) is 15.5. The SMILES string of the molecule is CCCn1c(SCC(=O)c2ccc(C#N)cc2)n[nH]c1=O. The summed E-state index contributed by atoms with van der Waals surface area (Å²) in [6.45, 7) is 2.54. The molecule has 0 aliphatic heterocycles. The van der Waals surface area contributed by atoms with E-state index in [9.17, 15) is 9.59 Å². The number of nitrogens with one attached hydrogen (secondary N) is 1. The molecule has 1 aromatic heterocycles. The summed E-state index contributed by atoms with van der Waals surface area (Å²) in [4.78, 5) is 23.6. The molecule has 6 nitrogen and oxygen atoms in total. The number of benzene rings is 1. The minimum Gasteiger partial charge on any atom is -0.293 e. The number of aromatic amines is 1. The van der Waals surface area contributed by atoms with E-state index in [1.807, 2.05) is 13.0 Å². The van der Waals surface area contributed by atoms with E-state index < -0.39 is 0 Å². The molecule has 0 atom stereocenters. The average molecular weight is 302 g/mol. The second-order valence-corrected chi connectivity index (χ2v) is 5.31. The highest BCUT2D eigenvalue weighted by atomic mass is 32.2. The monoisotopic (exact) mass is 302 g/mol. The molecule has 2 aromatic rings. The van der Waals surface area contributed by atoms with Crippen LogP contribution in [0, 0.1) is 11.3 Å². The van der Waals surface area contributed by atoms with Gasteiger partial charge in [0.1, 0.15) is 0 Å². The van der Waals surface area contributed by atoms with Crippen molar-refractivity contribution in [2.24, 2.45) is 0 Å². The number of rotatable bonds is 6. The van der Waals surface area contributed by atoms with E-state index in [-0.39, 0.29) is 17.2 Å². The quantitative estimate of drug-likeness (QED) is 0.649. The van der Waals surface area contributed by atoms with Gasteiger partial charge in [0.05, 0.1) is 17.4 Å². The number of nitrogens with zero attached hydrogens (tertiary/aromatic N) is 3. The molecule has 0 fully saturated rings. The number of carbonyl (C=O) groups is 1. The molecule has 21 heavy (non-hydrogen) atoms. The van der Waals surface area contributed by atoms with E-state index in [0.29, 0.717) is 22.8 Å². The van der Waals surface area contributed by atoms with Crippen molar-refractivity contribution in [2.45, 2.75) is 25.0 Å². The molecule has 0 saturated heterocycles. The summed E-state index contributed by atoms with van der Waals surface area (Å²) in [6.07, 6.45) is 0.816. The van der Waals surface area contributed by atoms with Crippen LogP contribution in [0.25, 0.3) is 0 Å². The van der Waals surface area contributed by atoms with Gasteiger partial charge in [-0.15, -0.1) is 5.10 Å². The number of nitriles is 1. The van der Waals surface area contributed by atoms with Gasteiger partial charge in [-0.2, -0.15) is 5.26 Å². The standard InChI is InChI=1S/C14H14N4O2S/c1-2-7-18-13(20)16-17-14(18)21-9-12(19)11-5-3-10(8-15)4-6-11/h3-6H,2,7,9H2,1H3,(H,16,20). The summed E-state index contributed by atoms with van der Waals surface area (Å²) in [6, 6.07) is 8.49. The zero-order chi connectivity index (χ0) is 15.2. The van der Waals surface area contributed by atoms with Crippen LogP contribution in [0.2, 0.25) is 0 Å². The first-order chi connectivity index (χ1) is 10.2. The zero-order valence-electron chi connectivity index (χ0n) is 11.5. The first-order valence-corrected chi connectivity index (χ1v) is 7.45. The third-order valence-electron chi connectivity index (χ3n) is 2.84. The molecule has 108 valence electrons. The lowest BCUT2D eigenvalue weighted by Gasteiger charge is -2.03. The average Bonchev–Trinajstić information content (AvgIpc) is 2.86. The van der Waals surface area contributed by atoms with E-state index in [2.05, 4.69) is 10.2 Å². The van der Waals surface area contributed by atoms with Crippen LogP contribution in [-0.2, 0) is 6.54 Å². The van der Waals surface area contributed by atoms with E-state index in [0.717, 1.165) is 6.42 Å². The van der Waals surface area contributed by atoms with Gasteiger partial charge in [0.15, 0.2) is 10.9 Å². The molecule has 0 spiro atoms. The second-order valence-electron chi connectivity index (χ2n) is 4.36. The number of carbonyl (C=O) groups excluding carboxylic acids is 1. The van der Waals surface area contributed by atoms with E-state index in [1.165, 1.54) is 16.3 Å². The highest BCUT2D eigenvalue weighted by molar-refractivity contribution is 7.99. The zero-order valence-corrected chi connectivity index (χ0v) is 12.3. The van der Waals surface area contributed by atoms with Crippen molar-refractivity contribution in [2.75, 3.05) is 5.75 Å². The van der Waals surface area contributed by atoms with E-state index in [4.69, 9.17) is 5.26 Å².